The van der Waals surface area contributed by atoms with Gasteiger partial charge in [-0.1, -0.05) is 65.7 Å². The van der Waals surface area contributed by atoms with Gasteiger partial charge >= 0.3 is 5.97 Å². The van der Waals surface area contributed by atoms with Crippen LogP contribution in [0.4, 0.5) is 0 Å². The molecule has 242 valence electrons. The minimum atomic E-state index is -0.739. The summed E-state index contributed by atoms with van der Waals surface area (Å²) < 4.78 is 23.4. The van der Waals surface area contributed by atoms with E-state index in [4.69, 9.17) is 18.9 Å². The number of aliphatic hydroxyl groups excluding tert-OH is 2. The molecule has 0 amide bonds. The minimum absolute atomic E-state index is 0.0116. The van der Waals surface area contributed by atoms with Crippen molar-refractivity contribution in [3.63, 3.8) is 0 Å². The van der Waals surface area contributed by atoms with Gasteiger partial charge in [0.2, 0.25) is 5.78 Å². The van der Waals surface area contributed by atoms with E-state index in [1.807, 2.05) is 6.92 Å². The van der Waals surface area contributed by atoms with E-state index in [2.05, 4.69) is 52.8 Å². The molecule has 1 saturated carbocycles. The molecule has 0 bridgehead atoms. The molecule has 8 heteroatoms. The van der Waals surface area contributed by atoms with Gasteiger partial charge in [-0.2, -0.15) is 0 Å². The summed E-state index contributed by atoms with van der Waals surface area (Å²) in [4.78, 5) is 24.4. The van der Waals surface area contributed by atoms with Gasteiger partial charge in [0.25, 0.3) is 0 Å². The summed E-state index contributed by atoms with van der Waals surface area (Å²) in [6.07, 6.45) is 12.5. The van der Waals surface area contributed by atoms with E-state index in [0.29, 0.717) is 5.92 Å². The maximum Gasteiger partial charge on any atom is 0.345 e. The molecule has 12 unspecified atom stereocenters. The third-order valence-corrected chi connectivity index (χ3v) is 10.7. The number of carbonyl (C=O) groups is 2. The van der Waals surface area contributed by atoms with E-state index < -0.39 is 17.7 Å². The largest absolute Gasteiger partial charge is 0.511 e. The second kappa shape index (κ2) is 14.9. The highest BCUT2D eigenvalue weighted by molar-refractivity contribution is 6.22. The molecule has 0 aromatic rings. The Balaban J connectivity index is 1.48. The fraction of sp³-hybridized carbons (Fsp3) is 0.771. The van der Waals surface area contributed by atoms with Crippen molar-refractivity contribution < 1.29 is 38.7 Å². The number of allylic oxidation sites excluding steroid dienone is 2. The van der Waals surface area contributed by atoms with Crippen molar-refractivity contribution in [3.05, 3.63) is 35.1 Å². The highest BCUT2D eigenvalue weighted by atomic mass is 16.6. The van der Waals surface area contributed by atoms with E-state index in [1.54, 1.807) is 7.11 Å². The summed E-state index contributed by atoms with van der Waals surface area (Å²) in [6.45, 7) is 12.3. The maximum atomic E-state index is 12.3. The number of hydrogen-bond donors (Lipinski definition) is 2. The van der Waals surface area contributed by atoms with Crippen LogP contribution in [0.2, 0.25) is 0 Å². The summed E-state index contributed by atoms with van der Waals surface area (Å²) in [6, 6.07) is 0. The summed E-state index contributed by atoms with van der Waals surface area (Å²) in [5.41, 5.74) is 0.673. The lowest BCUT2D eigenvalue weighted by atomic mass is 9.66. The van der Waals surface area contributed by atoms with Crippen LogP contribution in [0, 0.1) is 41.4 Å². The smallest absolute Gasteiger partial charge is 0.345 e. The predicted octanol–water partition coefficient (Wildman–Crippen LogP) is 5.74. The number of hydrogen-bond acceptors (Lipinski definition) is 8. The van der Waals surface area contributed by atoms with Crippen molar-refractivity contribution in [2.75, 3.05) is 20.3 Å². The zero-order chi connectivity index (χ0) is 31.4. The summed E-state index contributed by atoms with van der Waals surface area (Å²) in [7, 11) is 1.73. The van der Waals surface area contributed by atoms with Crippen LogP contribution in [-0.4, -0.2) is 72.8 Å². The summed E-state index contributed by atoms with van der Waals surface area (Å²) in [5.74, 6) is -0.447. The molecule has 0 spiro atoms. The van der Waals surface area contributed by atoms with Crippen molar-refractivity contribution in [1.82, 2.24) is 0 Å². The molecule has 12 atom stereocenters. The molecule has 3 saturated heterocycles. The van der Waals surface area contributed by atoms with Gasteiger partial charge in [0.15, 0.2) is 6.61 Å². The van der Waals surface area contributed by atoms with Crippen LogP contribution in [0.1, 0.15) is 80.1 Å². The van der Waals surface area contributed by atoms with Crippen LogP contribution in [0.5, 0.6) is 0 Å². The van der Waals surface area contributed by atoms with E-state index in [9.17, 15) is 19.8 Å². The Morgan fingerprint density at radius 3 is 2.42 bits per heavy atom. The van der Waals surface area contributed by atoms with Crippen molar-refractivity contribution in [3.8, 4) is 0 Å². The molecular formula is C35H54O8. The Morgan fingerprint density at radius 2 is 1.77 bits per heavy atom. The van der Waals surface area contributed by atoms with Gasteiger partial charge in [-0.3, -0.25) is 4.79 Å². The normalized spacial score (nSPS) is 39.2. The Kier molecular flexibility index (Phi) is 11.7. The number of methoxy groups -OCH3 is 1. The Hall–Kier alpha value is -2.00. The van der Waals surface area contributed by atoms with Crippen molar-refractivity contribution in [2.45, 2.75) is 111 Å². The highest BCUT2D eigenvalue weighted by Crippen LogP contribution is 2.44. The van der Waals surface area contributed by atoms with Crippen LogP contribution in [0.25, 0.3) is 0 Å². The molecule has 0 aromatic heterocycles. The number of ether oxygens (including phenoxy) is 4. The quantitative estimate of drug-likeness (QED) is 0.107. The first-order valence-electron chi connectivity index (χ1n) is 16.4. The first-order chi connectivity index (χ1) is 20.5. The number of cyclic esters (lactones) is 1. The standard InChI is InChI=1S/C35H54O8/c1-19-9-8-10-25(30(19)23(5)32(38)31-28(37)18-41-35(31)39)16-26(17-36)34-21(3)12-14-27(42-34)13-11-20(2)33-22(4)15-29(43-33)24(6)40-7/h11,13,16,19-25,27,29-30,33-34,36,38H,8-10,12,14-15,17-18H2,1-7H3/b13-11+,26-16+,32-31+. The van der Waals surface area contributed by atoms with E-state index in [-0.39, 0.29) is 84.7 Å². The van der Waals surface area contributed by atoms with Crippen LogP contribution < -0.4 is 0 Å². The van der Waals surface area contributed by atoms with E-state index in [1.165, 1.54) is 0 Å². The lowest BCUT2D eigenvalue weighted by molar-refractivity contribution is -0.135. The average molecular weight is 603 g/mol. The fourth-order valence-electron chi connectivity index (χ4n) is 8.06. The van der Waals surface area contributed by atoms with Crippen LogP contribution in [-0.2, 0) is 28.5 Å². The molecule has 8 nitrogen and oxygen atoms in total. The van der Waals surface area contributed by atoms with Crippen molar-refractivity contribution in [1.29, 1.82) is 0 Å². The third-order valence-electron chi connectivity index (χ3n) is 10.7. The molecule has 2 N–H and O–H groups in total. The second-order valence-corrected chi connectivity index (χ2v) is 13.8. The average Bonchev–Trinajstić information content (AvgIpc) is 3.55. The molecule has 3 aliphatic heterocycles. The van der Waals surface area contributed by atoms with Gasteiger partial charge in [-0.25, -0.2) is 4.79 Å². The van der Waals surface area contributed by atoms with E-state index >= 15 is 0 Å². The zero-order valence-corrected chi connectivity index (χ0v) is 27.2. The Morgan fingerprint density at radius 1 is 1.02 bits per heavy atom. The van der Waals surface area contributed by atoms with Gasteiger partial charge in [0.05, 0.1) is 37.1 Å². The number of rotatable bonds is 10. The molecule has 3 heterocycles. The first kappa shape index (κ1) is 33.9. The Labute approximate surface area is 257 Å². The van der Waals surface area contributed by atoms with Crippen LogP contribution in [0.15, 0.2) is 35.1 Å². The fourth-order valence-corrected chi connectivity index (χ4v) is 8.06. The molecule has 4 rings (SSSR count). The van der Waals surface area contributed by atoms with E-state index in [0.717, 1.165) is 44.1 Å². The van der Waals surface area contributed by atoms with Gasteiger partial charge < -0.3 is 29.2 Å². The minimum Gasteiger partial charge on any atom is -0.511 e. The summed E-state index contributed by atoms with van der Waals surface area (Å²) >= 11 is 0. The second-order valence-electron chi connectivity index (χ2n) is 13.8. The van der Waals surface area contributed by atoms with Gasteiger partial charge in [0.1, 0.15) is 11.3 Å². The van der Waals surface area contributed by atoms with Crippen molar-refractivity contribution in [2.24, 2.45) is 41.4 Å². The lowest BCUT2D eigenvalue weighted by Gasteiger charge is -2.41. The molecule has 0 aromatic carbocycles. The molecule has 1 aliphatic carbocycles. The first-order valence-corrected chi connectivity index (χ1v) is 16.4. The topological polar surface area (TPSA) is 112 Å². The Bertz CT molecular complexity index is 1060. The van der Waals surface area contributed by atoms with Gasteiger partial charge in [-0.05, 0) is 67.8 Å². The summed E-state index contributed by atoms with van der Waals surface area (Å²) in [5, 5.41) is 21.6. The third kappa shape index (κ3) is 7.63. The zero-order valence-electron chi connectivity index (χ0n) is 27.2. The maximum absolute atomic E-state index is 12.3. The molecular weight excluding hydrogens is 548 g/mol. The number of ketones is 1. The van der Waals surface area contributed by atoms with Crippen LogP contribution in [0.3, 0.4) is 0 Å². The lowest BCUT2D eigenvalue weighted by Crippen LogP contribution is -2.37. The van der Waals surface area contributed by atoms with Gasteiger partial charge in [-0.15, -0.1) is 0 Å². The molecule has 0 radical (unpaired) electrons. The monoisotopic (exact) mass is 602 g/mol. The predicted molar refractivity (Wildman–Crippen MR) is 164 cm³/mol. The number of esters is 1. The highest BCUT2D eigenvalue weighted by Gasteiger charge is 2.41. The number of carbonyl (C=O) groups excluding carboxylic acids is 2. The van der Waals surface area contributed by atoms with Gasteiger partial charge in [0, 0.05) is 18.9 Å². The van der Waals surface area contributed by atoms with Crippen molar-refractivity contribution >= 4 is 11.8 Å². The molecule has 43 heavy (non-hydrogen) atoms. The van der Waals surface area contributed by atoms with Crippen LogP contribution >= 0.6 is 0 Å². The molecule has 4 fully saturated rings. The SMILES string of the molecule is COC(C)C1CC(C)C(C(C)/C=C/C2CCC(C)C(/C(=C/C3CCCC(C)C3C(C)/C(O)=C3/C(=O)COC3=O)CO)O2)O1. The number of Topliss-reactive ketones (excluding diaryl/α,β-unsaturated/α-hetero) is 1. The number of aliphatic hydroxyl groups is 2. The molecule has 4 aliphatic rings.